The number of benzene rings is 2. The van der Waals surface area contributed by atoms with Gasteiger partial charge in [0, 0.05) is 22.7 Å². The summed E-state index contributed by atoms with van der Waals surface area (Å²) in [5.74, 6) is 0. The van der Waals surface area contributed by atoms with Crippen molar-refractivity contribution in [3.63, 3.8) is 0 Å². The van der Waals surface area contributed by atoms with Gasteiger partial charge in [-0.2, -0.15) is 5.26 Å². The van der Waals surface area contributed by atoms with Crippen LogP contribution in [0.15, 0.2) is 58.8 Å². The molecule has 0 radical (unpaired) electrons. The third-order valence-corrected chi connectivity index (χ3v) is 3.68. The van der Waals surface area contributed by atoms with E-state index in [9.17, 15) is 0 Å². The number of imidazole rings is 1. The van der Waals surface area contributed by atoms with E-state index in [1.807, 2.05) is 36.4 Å². The Morgan fingerprint density at radius 2 is 1.94 bits per heavy atom. The van der Waals surface area contributed by atoms with Crippen LogP contribution < -0.4 is 0 Å². The predicted octanol–water partition coefficient (Wildman–Crippen LogP) is 3.59. The van der Waals surface area contributed by atoms with E-state index in [2.05, 4.69) is 16.0 Å². The van der Waals surface area contributed by atoms with Crippen molar-refractivity contribution < 1.29 is 0 Å². The molecule has 0 fully saturated rings. The molecule has 0 aliphatic carbocycles. The van der Waals surface area contributed by atoms with Gasteiger partial charge in [-0.15, -0.1) is 0 Å². The van der Waals surface area contributed by atoms with E-state index in [1.54, 1.807) is 24.2 Å². The van der Waals surface area contributed by atoms with E-state index in [1.165, 1.54) is 0 Å². The third kappa shape index (κ3) is 1.85. The van der Waals surface area contributed by atoms with E-state index in [0.717, 1.165) is 20.8 Å². The van der Waals surface area contributed by atoms with Crippen LogP contribution >= 0.6 is 11.8 Å². The van der Waals surface area contributed by atoms with Crippen LogP contribution in [0.3, 0.4) is 0 Å². The quantitative estimate of drug-likeness (QED) is 0.757. The molecule has 1 aromatic heterocycles. The van der Waals surface area contributed by atoms with Crippen molar-refractivity contribution in [2.75, 3.05) is 0 Å². The highest BCUT2D eigenvalue weighted by molar-refractivity contribution is 7.99. The zero-order valence-corrected chi connectivity index (χ0v) is 10.2. The molecule has 3 rings (SSSR count). The number of H-pyrrole nitrogens is 1. The van der Waals surface area contributed by atoms with Crippen LogP contribution in [-0.4, -0.2) is 9.97 Å². The van der Waals surface area contributed by atoms with Crippen molar-refractivity contribution >= 4 is 22.5 Å². The molecular weight excluding hydrogens is 242 g/mol. The summed E-state index contributed by atoms with van der Waals surface area (Å²) < 4.78 is 0. The first-order valence-electron chi connectivity index (χ1n) is 5.47. The Labute approximate surface area is 108 Å². The van der Waals surface area contributed by atoms with Crippen LogP contribution in [0, 0.1) is 11.3 Å². The number of fused-ring (bicyclic) bond motifs is 1. The van der Waals surface area contributed by atoms with Crippen LogP contribution in [0.2, 0.25) is 0 Å². The minimum Gasteiger partial charge on any atom is -0.339 e. The summed E-state index contributed by atoms with van der Waals surface area (Å²) in [6, 6.07) is 14.0. The van der Waals surface area contributed by atoms with Gasteiger partial charge in [0.05, 0.1) is 11.6 Å². The second-order valence-corrected chi connectivity index (χ2v) is 4.80. The lowest BCUT2D eigenvalue weighted by Crippen LogP contribution is -1.83. The Hall–Kier alpha value is -2.25. The number of nitriles is 1. The second-order valence-electron chi connectivity index (χ2n) is 3.77. The first kappa shape index (κ1) is 10.9. The van der Waals surface area contributed by atoms with Crippen molar-refractivity contribution in [3.05, 3.63) is 54.4 Å². The number of nitrogens with one attached hydrogen (secondary N) is 1. The molecular formula is C14H9N3S. The Morgan fingerprint density at radius 3 is 2.67 bits per heavy atom. The standard InChI is InChI=1S/C14H9N3S/c15-9-10-5-6-13(18-14-16-7-8-17-14)12-4-2-1-3-11(10)12/h1-8H,(H,16,17). The second kappa shape index (κ2) is 4.55. The van der Waals surface area contributed by atoms with Crippen LogP contribution in [0.1, 0.15) is 5.56 Å². The van der Waals surface area contributed by atoms with Gasteiger partial charge in [-0.05, 0) is 17.5 Å². The summed E-state index contributed by atoms with van der Waals surface area (Å²) in [6.07, 6.45) is 3.53. The fourth-order valence-corrected chi connectivity index (χ4v) is 2.74. The molecule has 4 heteroatoms. The molecule has 18 heavy (non-hydrogen) atoms. The summed E-state index contributed by atoms with van der Waals surface area (Å²) in [4.78, 5) is 8.37. The van der Waals surface area contributed by atoms with Gasteiger partial charge in [0.15, 0.2) is 5.16 Å². The van der Waals surface area contributed by atoms with Crippen molar-refractivity contribution in [1.82, 2.24) is 9.97 Å². The molecule has 3 nitrogen and oxygen atoms in total. The molecule has 86 valence electrons. The number of hydrogen-bond donors (Lipinski definition) is 1. The molecule has 0 bridgehead atoms. The van der Waals surface area contributed by atoms with E-state index < -0.39 is 0 Å². The highest BCUT2D eigenvalue weighted by Gasteiger charge is 2.07. The predicted molar refractivity (Wildman–Crippen MR) is 71.4 cm³/mol. The lowest BCUT2D eigenvalue weighted by atomic mass is 10.1. The number of hydrogen-bond acceptors (Lipinski definition) is 3. The van der Waals surface area contributed by atoms with Crippen LogP contribution in [0.25, 0.3) is 10.8 Å². The van der Waals surface area contributed by atoms with Crippen molar-refractivity contribution in [3.8, 4) is 6.07 Å². The minimum atomic E-state index is 0.703. The monoisotopic (exact) mass is 251 g/mol. The van der Waals surface area contributed by atoms with Gasteiger partial charge in [0.1, 0.15) is 0 Å². The van der Waals surface area contributed by atoms with E-state index in [4.69, 9.17) is 5.26 Å². The van der Waals surface area contributed by atoms with Gasteiger partial charge >= 0.3 is 0 Å². The maximum atomic E-state index is 9.11. The average Bonchev–Trinajstić information content (AvgIpc) is 2.92. The number of aromatic nitrogens is 2. The lowest BCUT2D eigenvalue weighted by Gasteiger charge is -2.05. The maximum absolute atomic E-state index is 9.11. The van der Waals surface area contributed by atoms with E-state index in [0.29, 0.717) is 5.56 Å². The van der Waals surface area contributed by atoms with E-state index in [-0.39, 0.29) is 0 Å². The van der Waals surface area contributed by atoms with Crippen LogP contribution in [0.4, 0.5) is 0 Å². The maximum Gasteiger partial charge on any atom is 0.170 e. The Morgan fingerprint density at radius 1 is 1.11 bits per heavy atom. The van der Waals surface area contributed by atoms with E-state index >= 15 is 0 Å². The molecule has 1 heterocycles. The average molecular weight is 251 g/mol. The van der Waals surface area contributed by atoms with Crippen molar-refractivity contribution in [2.24, 2.45) is 0 Å². The van der Waals surface area contributed by atoms with Gasteiger partial charge in [-0.25, -0.2) is 4.98 Å². The van der Waals surface area contributed by atoms with Gasteiger partial charge in [-0.3, -0.25) is 0 Å². The molecule has 3 aromatic rings. The molecule has 0 unspecified atom stereocenters. The smallest absolute Gasteiger partial charge is 0.170 e. The summed E-state index contributed by atoms with van der Waals surface area (Å²) in [7, 11) is 0. The number of rotatable bonds is 2. The molecule has 1 N–H and O–H groups in total. The molecule has 0 amide bonds. The highest BCUT2D eigenvalue weighted by atomic mass is 32.2. The molecule has 0 aliphatic rings. The van der Waals surface area contributed by atoms with Crippen molar-refractivity contribution in [2.45, 2.75) is 10.1 Å². The molecule has 0 atom stereocenters. The van der Waals surface area contributed by atoms with Gasteiger partial charge < -0.3 is 4.98 Å². The topological polar surface area (TPSA) is 52.5 Å². The molecule has 0 saturated carbocycles. The van der Waals surface area contributed by atoms with Crippen molar-refractivity contribution in [1.29, 1.82) is 5.26 Å². The van der Waals surface area contributed by atoms with Gasteiger partial charge in [-0.1, -0.05) is 36.0 Å². The normalized spacial score (nSPS) is 10.4. The fourth-order valence-electron chi connectivity index (χ4n) is 1.87. The first-order valence-corrected chi connectivity index (χ1v) is 6.29. The van der Waals surface area contributed by atoms with Crippen LogP contribution in [0.5, 0.6) is 0 Å². The number of aromatic amines is 1. The van der Waals surface area contributed by atoms with Gasteiger partial charge in [0.25, 0.3) is 0 Å². The number of nitrogens with zero attached hydrogens (tertiary/aromatic N) is 2. The zero-order chi connectivity index (χ0) is 12.4. The van der Waals surface area contributed by atoms with Gasteiger partial charge in [0.2, 0.25) is 0 Å². The fraction of sp³-hybridized carbons (Fsp3) is 0. The summed E-state index contributed by atoms with van der Waals surface area (Å²) >= 11 is 1.57. The molecule has 0 saturated heterocycles. The van der Waals surface area contributed by atoms with Crippen LogP contribution in [-0.2, 0) is 0 Å². The zero-order valence-electron chi connectivity index (χ0n) is 9.42. The Balaban J connectivity index is 2.16. The molecule has 0 spiro atoms. The Bertz CT molecular complexity index is 726. The Kier molecular flexibility index (Phi) is 2.75. The minimum absolute atomic E-state index is 0.703. The SMILES string of the molecule is N#Cc1ccc(Sc2ncc[nH]2)c2ccccc12. The largest absolute Gasteiger partial charge is 0.339 e. The highest BCUT2D eigenvalue weighted by Crippen LogP contribution is 2.32. The summed E-state index contributed by atoms with van der Waals surface area (Å²) in [5.41, 5.74) is 0.703. The molecule has 0 aliphatic heterocycles. The lowest BCUT2D eigenvalue weighted by molar-refractivity contribution is 1.06. The third-order valence-electron chi connectivity index (χ3n) is 2.68. The summed E-state index contributed by atoms with van der Waals surface area (Å²) in [6.45, 7) is 0. The molecule has 2 aromatic carbocycles. The summed E-state index contributed by atoms with van der Waals surface area (Å²) in [5, 5.41) is 12.0. The first-order chi connectivity index (χ1) is 8.88.